The average molecular weight is 336 g/mol. The molecule has 7 nitrogen and oxygen atoms in total. The zero-order chi connectivity index (χ0) is 17.6. The Morgan fingerprint density at radius 2 is 1.92 bits per heavy atom. The number of anilines is 1. The van der Waals surface area contributed by atoms with Crippen molar-refractivity contribution in [3.63, 3.8) is 0 Å². The van der Waals surface area contributed by atoms with Crippen LogP contribution in [-0.4, -0.2) is 21.6 Å². The molecule has 3 aromatic rings. The van der Waals surface area contributed by atoms with Crippen molar-refractivity contribution in [2.45, 2.75) is 0 Å². The Morgan fingerprint density at radius 3 is 2.56 bits per heavy atom. The van der Waals surface area contributed by atoms with Gasteiger partial charge in [0.25, 0.3) is 11.8 Å². The molecular weight excluding hydrogens is 320 g/mol. The minimum absolute atomic E-state index is 0.0504. The van der Waals surface area contributed by atoms with Crippen LogP contribution in [0.5, 0.6) is 0 Å². The number of aromatic nitrogens is 2. The van der Waals surface area contributed by atoms with Crippen molar-refractivity contribution < 1.29 is 14.0 Å². The Balaban J connectivity index is 1.82. The Kier molecular flexibility index (Phi) is 4.75. The second-order valence-corrected chi connectivity index (χ2v) is 5.22. The van der Waals surface area contributed by atoms with Crippen LogP contribution >= 0.6 is 0 Å². The average Bonchev–Trinajstić information content (AvgIpc) is 3.26. The third-order valence-electron chi connectivity index (χ3n) is 3.31. The molecule has 0 aliphatic heterocycles. The number of benzene rings is 1. The quantitative estimate of drug-likeness (QED) is 0.700. The van der Waals surface area contributed by atoms with Gasteiger partial charge in [0, 0.05) is 31.0 Å². The second-order valence-electron chi connectivity index (χ2n) is 5.22. The highest BCUT2D eigenvalue weighted by molar-refractivity contribution is 6.10. The standard InChI is InChI=1S/C18H16N4O3/c1-22-10-9-16(21-22)20-18(24)15(12-14-8-5-11-25-14)19-17(23)13-6-3-2-4-7-13/h2-12H,1H3,(H,19,23)(H,20,21,24)/b15-12+. The Labute approximate surface area is 144 Å². The van der Waals surface area contributed by atoms with Gasteiger partial charge in [-0.1, -0.05) is 18.2 Å². The van der Waals surface area contributed by atoms with Crippen LogP contribution < -0.4 is 10.6 Å². The zero-order valence-electron chi connectivity index (χ0n) is 13.5. The molecular formula is C18H16N4O3. The van der Waals surface area contributed by atoms with Gasteiger partial charge in [0.1, 0.15) is 11.5 Å². The molecule has 1 aromatic carbocycles. The van der Waals surface area contributed by atoms with Crippen molar-refractivity contribution in [3.8, 4) is 0 Å². The fraction of sp³-hybridized carbons (Fsp3) is 0.0556. The van der Waals surface area contributed by atoms with E-state index in [1.54, 1.807) is 60.4 Å². The predicted octanol–water partition coefficient (Wildman–Crippen LogP) is 2.42. The zero-order valence-corrected chi connectivity index (χ0v) is 13.5. The first kappa shape index (κ1) is 16.3. The summed E-state index contributed by atoms with van der Waals surface area (Å²) in [7, 11) is 1.74. The fourth-order valence-corrected chi connectivity index (χ4v) is 2.12. The molecule has 0 aliphatic carbocycles. The molecule has 2 N–H and O–H groups in total. The minimum Gasteiger partial charge on any atom is -0.465 e. The highest BCUT2D eigenvalue weighted by Gasteiger charge is 2.16. The fourth-order valence-electron chi connectivity index (χ4n) is 2.12. The van der Waals surface area contributed by atoms with Crippen LogP contribution in [0, 0.1) is 0 Å². The molecule has 0 fully saturated rings. The highest BCUT2D eigenvalue weighted by atomic mass is 16.3. The van der Waals surface area contributed by atoms with Crippen LogP contribution in [0.4, 0.5) is 5.82 Å². The van der Waals surface area contributed by atoms with E-state index in [0.717, 1.165) is 0 Å². The van der Waals surface area contributed by atoms with E-state index in [1.807, 2.05) is 6.07 Å². The number of nitrogens with one attached hydrogen (secondary N) is 2. The van der Waals surface area contributed by atoms with Gasteiger partial charge in [-0.15, -0.1) is 0 Å². The molecule has 0 unspecified atom stereocenters. The van der Waals surface area contributed by atoms with Gasteiger partial charge < -0.3 is 15.1 Å². The van der Waals surface area contributed by atoms with E-state index in [4.69, 9.17) is 4.42 Å². The van der Waals surface area contributed by atoms with Gasteiger partial charge in [-0.2, -0.15) is 5.10 Å². The lowest BCUT2D eigenvalue weighted by Gasteiger charge is -2.09. The molecule has 2 amide bonds. The van der Waals surface area contributed by atoms with E-state index in [9.17, 15) is 9.59 Å². The molecule has 3 rings (SSSR count). The third-order valence-corrected chi connectivity index (χ3v) is 3.31. The third kappa shape index (κ3) is 4.23. The summed E-state index contributed by atoms with van der Waals surface area (Å²) in [6.07, 6.45) is 4.65. The molecule has 0 saturated heterocycles. The van der Waals surface area contributed by atoms with E-state index >= 15 is 0 Å². The summed E-state index contributed by atoms with van der Waals surface area (Å²) < 4.78 is 6.79. The number of aryl methyl sites for hydroxylation is 1. The van der Waals surface area contributed by atoms with Gasteiger partial charge in [0.05, 0.1) is 6.26 Å². The lowest BCUT2D eigenvalue weighted by molar-refractivity contribution is -0.113. The summed E-state index contributed by atoms with van der Waals surface area (Å²) in [4.78, 5) is 24.9. The molecule has 2 aromatic heterocycles. The monoisotopic (exact) mass is 336 g/mol. The molecule has 0 bridgehead atoms. The molecule has 0 atom stereocenters. The summed E-state index contributed by atoms with van der Waals surface area (Å²) in [5.74, 6) is -0.0692. The van der Waals surface area contributed by atoms with Crippen molar-refractivity contribution >= 4 is 23.7 Å². The number of rotatable bonds is 5. The maximum atomic E-state index is 12.5. The first-order chi connectivity index (χ1) is 12.1. The summed E-state index contributed by atoms with van der Waals surface area (Å²) in [5, 5.41) is 9.34. The number of hydrogen-bond donors (Lipinski definition) is 2. The van der Waals surface area contributed by atoms with E-state index in [0.29, 0.717) is 17.1 Å². The molecule has 126 valence electrons. The van der Waals surface area contributed by atoms with Crippen LogP contribution in [0.1, 0.15) is 16.1 Å². The molecule has 7 heteroatoms. The molecule has 25 heavy (non-hydrogen) atoms. The van der Waals surface area contributed by atoms with Crippen molar-refractivity contribution in [3.05, 3.63) is 78.0 Å². The minimum atomic E-state index is -0.501. The summed E-state index contributed by atoms with van der Waals surface area (Å²) in [5.41, 5.74) is 0.493. The Hall–Kier alpha value is -3.61. The molecule has 0 radical (unpaired) electrons. The number of carbonyl (C=O) groups excluding carboxylic acids is 2. The number of carbonyl (C=O) groups is 2. The van der Waals surface area contributed by atoms with Gasteiger partial charge in [-0.05, 0) is 24.3 Å². The Morgan fingerprint density at radius 1 is 1.12 bits per heavy atom. The van der Waals surface area contributed by atoms with Gasteiger partial charge in [0.15, 0.2) is 5.82 Å². The lowest BCUT2D eigenvalue weighted by Crippen LogP contribution is -2.30. The lowest BCUT2D eigenvalue weighted by atomic mass is 10.2. The van der Waals surface area contributed by atoms with Crippen molar-refractivity contribution in [1.82, 2.24) is 15.1 Å². The summed E-state index contributed by atoms with van der Waals surface area (Å²) in [6, 6.07) is 13.7. The first-order valence-electron chi connectivity index (χ1n) is 7.54. The summed E-state index contributed by atoms with van der Waals surface area (Å²) in [6.45, 7) is 0. The van der Waals surface area contributed by atoms with E-state index in [2.05, 4.69) is 15.7 Å². The topological polar surface area (TPSA) is 89.2 Å². The molecule has 0 aliphatic rings. The van der Waals surface area contributed by atoms with E-state index in [1.165, 1.54) is 12.3 Å². The van der Waals surface area contributed by atoms with Crippen LogP contribution in [0.3, 0.4) is 0 Å². The van der Waals surface area contributed by atoms with Gasteiger partial charge in [-0.25, -0.2) is 0 Å². The van der Waals surface area contributed by atoms with Crippen LogP contribution in [0.15, 0.2) is 71.1 Å². The largest absolute Gasteiger partial charge is 0.465 e. The van der Waals surface area contributed by atoms with Gasteiger partial charge in [-0.3, -0.25) is 14.3 Å². The Bertz CT molecular complexity index is 896. The maximum absolute atomic E-state index is 12.5. The predicted molar refractivity (Wildman–Crippen MR) is 92.4 cm³/mol. The number of nitrogens with zero attached hydrogens (tertiary/aromatic N) is 2. The van der Waals surface area contributed by atoms with Crippen molar-refractivity contribution in [1.29, 1.82) is 0 Å². The highest BCUT2D eigenvalue weighted by Crippen LogP contribution is 2.10. The normalized spacial score (nSPS) is 11.2. The maximum Gasteiger partial charge on any atom is 0.273 e. The van der Waals surface area contributed by atoms with Crippen molar-refractivity contribution in [2.24, 2.45) is 7.05 Å². The summed E-state index contributed by atoms with van der Waals surface area (Å²) >= 11 is 0. The van der Waals surface area contributed by atoms with Crippen LogP contribution in [0.2, 0.25) is 0 Å². The van der Waals surface area contributed by atoms with E-state index < -0.39 is 11.8 Å². The van der Waals surface area contributed by atoms with E-state index in [-0.39, 0.29) is 5.70 Å². The number of furan rings is 1. The number of amides is 2. The van der Waals surface area contributed by atoms with Gasteiger partial charge in [0.2, 0.25) is 0 Å². The van der Waals surface area contributed by atoms with Crippen LogP contribution in [-0.2, 0) is 11.8 Å². The SMILES string of the molecule is Cn1ccc(NC(=O)/C(=C\c2ccco2)NC(=O)c2ccccc2)n1. The molecule has 0 spiro atoms. The molecule has 2 heterocycles. The smallest absolute Gasteiger partial charge is 0.273 e. The van der Waals surface area contributed by atoms with Crippen molar-refractivity contribution in [2.75, 3.05) is 5.32 Å². The molecule has 0 saturated carbocycles. The second kappa shape index (κ2) is 7.31. The number of hydrogen-bond acceptors (Lipinski definition) is 4. The van der Waals surface area contributed by atoms with Gasteiger partial charge >= 0.3 is 0 Å². The first-order valence-corrected chi connectivity index (χ1v) is 7.54. The van der Waals surface area contributed by atoms with Crippen LogP contribution in [0.25, 0.3) is 6.08 Å².